The third-order valence-electron chi connectivity index (χ3n) is 3.41. The van der Waals surface area contributed by atoms with E-state index in [0.29, 0.717) is 6.61 Å². The van der Waals surface area contributed by atoms with Crippen LogP contribution in [-0.2, 0) is 10.0 Å². The largest absolute Gasteiger partial charge is 0.493 e. The van der Waals surface area contributed by atoms with Crippen LogP contribution in [0.25, 0.3) is 0 Å². The molecule has 0 bridgehead atoms. The Hall–Kier alpha value is -1.07. The Morgan fingerprint density at radius 1 is 1.37 bits per heavy atom. The van der Waals surface area contributed by atoms with Crippen molar-refractivity contribution in [2.24, 2.45) is 11.1 Å². The summed E-state index contributed by atoms with van der Waals surface area (Å²) in [6.07, 6.45) is 3.70. The van der Waals surface area contributed by atoms with Crippen molar-refractivity contribution in [3.05, 3.63) is 23.8 Å². The number of rotatable bonds is 6. The molecular weight excluding hydrogens is 262 g/mol. The molecule has 0 aromatic heterocycles. The Bertz CT molecular complexity index is 548. The molecule has 0 atom stereocenters. The summed E-state index contributed by atoms with van der Waals surface area (Å²) < 4.78 is 28.5. The molecule has 0 saturated heterocycles. The molecule has 1 aliphatic rings. The number of hydrogen-bond acceptors (Lipinski definition) is 3. The summed E-state index contributed by atoms with van der Waals surface area (Å²) in [6, 6.07) is 4.84. The van der Waals surface area contributed by atoms with Crippen LogP contribution in [0.3, 0.4) is 0 Å². The smallest absolute Gasteiger partial charge is 0.238 e. The van der Waals surface area contributed by atoms with Crippen molar-refractivity contribution in [3.63, 3.8) is 0 Å². The Morgan fingerprint density at radius 2 is 2.05 bits per heavy atom. The lowest BCUT2D eigenvalue weighted by Crippen LogP contribution is -2.13. The first-order valence-corrected chi connectivity index (χ1v) is 8.22. The van der Waals surface area contributed by atoms with Crippen LogP contribution in [0.5, 0.6) is 5.75 Å². The van der Waals surface area contributed by atoms with Gasteiger partial charge in [0.05, 0.1) is 11.5 Å². The van der Waals surface area contributed by atoms with Gasteiger partial charge in [-0.05, 0) is 42.0 Å². The molecule has 4 nitrogen and oxygen atoms in total. The van der Waals surface area contributed by atoms with Gasteiger partial charge in [-0.15, -0.1) is 0 Å². The third kappa shape index (κ3) is 3.94. The van der Waals surface area contributed by atoms with Gasteiger partial charge < -0.3 is 4.74 Å². The molecule has 1 aromatic rings. The van der Waals surface area contributed by atoms with Gasteiger partial charge in [0.2, 0.25) is 10.0 Å². The van der Waals surface area contributed by atoms with E-state index >= 15 is 0 Å². The molecule has 0 radical (unpaired) electrons. The molecule has 2 N–H and O–H groups in total. The van der Waals surface area contributed by atoms with E-state index in [0.717, 1.165) is 23.7 Å². The summed E-state index contributed by atoms with van der Waals surface area (Å²) in [5.41, 5.74) is 0.891. The summed E-state index contributed by atoms with van der Waals surface area (Å²) in [6.45, 7) is 4.71. The normalized spacial score (nSPS) is 15.8. The Balaban J connectivity index is 2.16. The maximum Gasteiger partial charge on any atom is 0.238 e. The summed E-state index contributed by atoms with van der Waals surface area (Å²) in [5.74, 6) is 1.78. The van der Waals surface area contributed by atoms with E-state index in [4.69, 9.17) is 9.88 Å². The predicted octanol–water partition coefficient (Wildman–Crippen LogP) is 2.64. The molecule has 0 aliphatic heterocycles. The topological polar surface area (TPSA) is 69.4 Å². The molecule has 1 aromatic carbocycles. The van der Waals surface area contributed by atoms with E-state index < -0.39 is 10.0 Å². The second-order valence-electron chi connectivity index (χ2n) is 5.48. The van der Waals surface area contributed by atoms with Gasteiger partial charge in [0.1, 0.15) is 5.75 Å². The van der Waals surface area contributed by atoms with Crippen LogP contribution in [0, 0.1) is 5.92 Å². The van der Waals surface area contributed by atoms with Crippen molar-refractivity contribution in [1.29, 1.82) is 0 Å². The van der Waals surface area contributed by atoms with Crippen LogP contribution in [0.4, 0.5) is 0 Å². The lowest BCUT2D eigenvalue weighted by molar-refractivity contribution is 0.298. The molecular formula is C14H21NO3S. The average Bonchev–Trinajstić information content (AvgIpc) is 3.11. The molecule has 0 amide bonds. The molecule has 0 heterocycles. The highest BCUT2D eigenvalue weighted by atomic mass is 32.2. The first-order chi connectivity index (χ1) is 8.88. The fourth-order valence-electron chi connectivity index (χ4n) is 2.03. The van der Waals surface area contributed by atoms with Gasteiger partial charge in [0.15, 0.2) is 0 Å². The van der Waals surface area contributed by atoms with Crippen LogP contribution in [-0.4, -0.2) is 15.0 Å². The molecule has 1 saturated carbocycles. The molecule has 2 rings (SSSR count). The van der Waals surface area contributed by atoms with Crippen molar-refractivity contribution in [3.8, 4) is 5.75 Å². The van der Waals surface area contributed by atoms with Crippen molar-refractivity contribution >= 4 is 10.0 Å². The van der Waals surface area contributed by atoms with Crippen molar-refractivity contribution in [2.75, 3.05) is 6.61 Å². The summed E-state index contributed by atoms with van der Waals surface area (Å²) in [5, 5.41) is 5.16. The number of hydrogen-bond donors (Lipinski definition) is 1. The first-order valence-electron chi connectivity index (χ1n) is 6.67. The SMILES string of the molecule is CC(C)c1cc(S(N)(=O)=O)ccc1OCCC1CC1. The number of nitrogens with two attached hydrogens (primary N) is 1. The molecule has 0 unspecified atom stereocenters. The molecule has 5 heteroatoms. The van der Waals surface area contributed by atoms with Crippen molar-refractivity contribution < 1.29 is 13.2 Å². The van der Waals surface area contributed by atoms with Crippen LogP contribution >= 0.6 is 0 Å². The zero-order chi connectivity index (χ0) is 14.0. The fraction of sp³-hybridized carbons (Fsp3) is 0.571. The van der Waals surface area contributed by atoms with Gasteiger partial charge in [0, 0.05) is 0 Å². The Morgan fingerprint density at radius 3 is 2.58 bits per heavy atom. The number of sulfonamides is 1. The monoisotopic (exact) mass is 283 g/mol. The zero-order valence-corrected chi connectivity index (χ0v) is 12.2. The maximum atomic E-state index is 11.4. The van der Waals surface area contributed by atoms with E-state index in [2.05, 4.69) is 0 Å². The highest BCUT2D eigenvalue weighted by molar-refractivity contribution is 7.89. The summed E-state index contributed by atoms with van der Waals surface area (Å²) >= 11 is 0. The van der Waals surface area contributed by atoms with E-state index in [1.54, 1.807) is 12.1 Å². The molecule has 19 heavy (non-hydrogen) atoms. The average molecular weight is 283 g/mol. The zero-order valence-electron chi connectivity index (χ0n) is 11.4. The summed E-state index contributed by atoms with van der Waals surface area (Å²) in [7, 11) is -3.66. The van der Waals surface area contributed by atoms with E-state index in [-0.39, 0.29) is 10.8 Å². The van der Waals surface area contributed by atoms with E-state index in [1.807, 2.05) is 13.8 Å². The second-order valence-corrected chi connectivity index (χ2v) is 7.04. The van der Waals surface area contributed by atoms with E-state index in [9.17, 15) is 8.42 Å². The lowest BCUT2D eigenvalue weighted by Gasteiger charge is -2.15. The van der Waals surface area contributed by atoms with Crippen LogP contribution < -0.4 is 9.88 Å². The number of benzene rings is 1. The lowest BCUT2D eigenvalue weighted by atomic mass is 10.0. The van der Waals surface area contributed by atoms with Crippen molar-refractivity contribution in [1.82, 2.24) is 0 Å². The minimum atomic E-state index is -3.66. The Kier molecular flexibility index (Phi) is 4.16. The summed E-state index contributed by atoms with van der Waals surface area (Å²) in [4.78, 5) is 0.144. The van der Waals surface area contributed by atoms with Gasteiger partial charge >= 0.3 is 0 Å². The van der Waals surface area contributed by atoms with Gasteiger partial charge in [-0.2, -0.15) is 0 Å². The quantitative estimate of drug-likeness (QED) is 0.872. The van der Waals surface area contributed by atoms with Gasteiger partial charge in [-0.3, -0.25) is 0 Å². The molecule has 1 fully saturated rings. The minimum Gasteiger partial charge on any atom is -0.493 e. The number of primary sulfonamides is 1. The minimum absolute atomic E-state index is 0.144. The van der Waals surface area contributed by atoms with Gasteiger partial charge in [-0.25, -0.2) is 13.6 Å². The van der Waals surface area contributed by atoms with Crippen molar-refractivity contribution in [2.45, 2.75) is 43.9 Å². The van der Waals surface area contributed by atoms with Crippen LogP contribution in [0.1, 0.15) is 44.6 Å². The van der Waals surface area contributed by atoms with Crippen LogP contribution in [0.2, 0.25) is 0 Å². The third-order valence-corrected chi connectivity index (χ3v) is 4.32. The molecule has 1 aliphatic carbocycles. The highest BCUT2D eigenvalue weighted by Crippen LogP contribution is 2.33. The Labute approximate surface area is 115 Å². The predicted molar refractivity (Wildman–Crippen MR) is 74.7 cm³/mol. The van der Waals surface area contributed by atoms with Gasteiger partial charge in [0.25, 0.3) is 0 Å². The molecule has 0 spiro atoms. The molecule has 106 valence electrons. The number of ether oxygens (including phenoxy) is 1. The standard InChI is InChI=1S/C14H21NO3S/c1-10(2)13-9-12(19(15,16)17)5-6-14(13)18-8-7-11-3-4-11/h5-6,9-11H,3-4,7-8H2,1-2H3,(H2,15,16,17). The maximum absolute atomic E-state index is 11.4. The first kappa shape index (κ1) is 14.3. The van der Waals surface area contributed by atoms with Gasteiger partial charge in [-0.1, -0.05) is 26.7 Å². The van der Waals surface area contributed by atoms with Crippen LogP contribution in [0.15, 0.2) is 23.1 Å². The highest BCUT2D eigenvalue weighted by Gasteiger charge is 2.21. The van der Waals surface area contributed by atoms with E-state index in [1.165, 1.54) is 18.9 Å². The second kappa shape index (κ2) is 5.51. The fourth-order valence-corrected chi connectivity index (χ4v) is 2.58.